The number of Topliss-reactive ketones (excluding diaryl/α,β-unsaturated/α-hetero) is 1. The molecule has 0 radical (unpaired) electrons. The zero-order valence-electron chi connectivity index (χ0n) is 23.6. The highest BCUT2D eigenvalue weighted by molar-refractivity contribution is 8.00. The number of rotatable bonds is 11. The Kier molecular flexibility index (Phi) is 9.53. The first-order valence-electron chi connectivity index (χ1n) is 13.6. The first kappa shape index (κ1) is 30.0. The van der Waals surface area contributed by atoms with Crippen molar-refractivity contribution in [2.45, 2.75) is 35.9 Å². The van der Waals surface area contributed by atoms with Crippen LogP contribution in [0.3, 0.4) is 0 Å². The number of hydrogen-bond acceptors (Lipinski definition) is 10. The van der Waals surface area contributed by atoms with Gasteiger partial charge in [-0.25, -0.2) is 4.79 Å². The number of carbonyl (C=O) groups is 3. The minimum Gasteiger partial charge on any atom is -0.507 e. The van der Waals surface area contributed by atoms with Crippen LogP contribution < -0.4 is 9.64 Å². The molecule has 1 aliphatic rings. The molecule has 4 aromatic rings. The predicted octanol–water partition coefficient (Wildman–Crippen LogP) is 6.42. The van der Waals surface area contributed by atoms with Crippen molar-refractivity contribution in [3.05, 3.63) is 107 Å². The Balaban J connectivity index is 1.51. The molecule has 0 aliphatic carbocycles. The van der Waals surface area contributed by atoms with E-state index in [2.05, 4.69) is 17.1 Å². The van der Waals surface area contributed by atoms with Crippen LogP contribution in [-0.2, 0) is 20.1 Å². The van der Waals surface area contributed by atoms with Gasteiger partial charge in [0.1, 0.15) is 11.5 Å². The summed E-state index contributed by atoms with van der Waals surface area (Å²) in [5, 5.41) is 20.2. The van der Waals surface area contributed by atoms with Gasteiger partial charge < -0.3 is 14.6 Å². The Morgan fingerprint density at radius 2 is 1.67 bits per heavy atom. The van der Waals surface area contributed by atoms with Gasteiger partial charge in [0.05, 0.1) is 30.9 Å². The van der Waals surface area contributed by atoms with Crippen LogP contribution in [0.2, 0.25) is 0 Å². The lowest BCUT2D eigenvalue weighted by molar-refractivity contribution is -0.132. The van der Waals surface area contributed by atoms with E-state index >= 15 is 0 Å². The molecule has 220 valence electrons. The third-order valence-corrected chi connectivity index (χ3v) is 8.92. The number of thioether (sulfide) groups is 1. The van der Waals surface area contributed by atoms with Crippen LogP contribution >= 0.6 is 23.1 Å². The third-order valence-electron chi connectivity index (χ3n) is 6.79. The van der Waals surface area contributed by atoms with Crippen LogP contribution in [0.4, 0.5) is 5.13 Å². The highest BCUT2D eigenvalue weighted by Gasteiger charge is 2.48. The lowest BCUT2D eigenvalue weighted by atomic mass is 9.94. The van der Waals surface area contributed by atoms with Crippen molar-refractivity contribution in [3.63, 3.8) is 0 Å². The number of unbranched alkanes of at least 4 members (excludes halogenated alkanes) is 1. The maximum absolute atomic E-state index is 13.5. The number of benzene rings is 3. The first-order chi connectivity index (χ1) is 20.9. The van der Waals surface area contributed by atoms with Gasteiger partial charge in [-0.2, -0.15) is 0 Å². The van der Waals surface area contributed by atoms with Crippen molar-refractivity contribution in [2.24, 2.45) is 0 Å². The number of ether oxygens (including phenoxy) is 2. The molecule has 1 unspecified atom stereocenters. The average Bonchev–Trinajstić information content (AvgIpc) is 3.62. The summed E-state index contributed by atoms with van der Waals surface area (Å²) in [5.41, 5.74) is 2.17. The van der Waals surface area contributed by atoms with Crippen molar-refractivity contribution in [1.29, 1.82) is 0 Å². The summed E-state index contributed by atoms with van der Waals surface area (Å²) in [6, 6.07) is 21.9. The van der Waals surface area contributed by atoms with Crippen LogP contribution in [0.15, 0.2) is 88.8 Å². The summed E-state index contributed by atoms with van der Waals surface area (Å²) in [7, 11) is 1.29. The first-order valence-corrected chi connectivity index (χ1v) is 15.4. The highest BCUT2D eigenvalue weighted by atomic mass is 32.2. The minimum atomic E-state index is -1.01. The topological polar surface area (TPSA) is 119 Å². The molecule has 2 heterocycles. The fourth-order valence-corrected chi connectivity index (χ4v) is 6.36. The molecule has 1 N–H and O–H groups in total. The second kappa shape index (κ2) is 13.7. The number of hydrogen-bond donors (Lipinski definition) is 1. The van der Waals surface area contributed by atoms with Crippen molar-refractivity contribution in [1.82, 2.24) is 10.2 Å². The number of esters is 1. The SMILES string of the molecule is CCCCOc1ccc(/C(O)=C2/C(=O)C(=O)N(c3nnc(SCc4ccccc4)s3)C2c2ccc(C(=O)OC)cc2)cc1. The Labute approximate surface area is 257 Å². The molecule has 0 spiro atoms. The summed E-state index contributed by atoms with van der Waals surface area (Å²) in [5.74, 6) is -1.24. The monoisotopic (exact) mass is 615 g/mol. The number of amides is 1. The molecule has 1 aromatic heterocycles. The number of aromatic nitrogens is 2. The summed E-state index contributed by atoms with van der Waals surface area (Å²) in [6.45, 7) is 2.65. The quantitative estimate of drug-likeness (QED) is 0.0388. The van der Waals surface area contributed by atoms with Crippen molar-refractivity contribution in [2.75, 3.05) is 18.6 Å². The van der Waals surface area contributed by atoms with Gasteiger partial charge in [0, 0.05) is 11.3 Å². The van der Waals surface area contributed by atoms with Crippen LogP contribution in [0, 0.1) is 0 Å². The molecule has 0 bridgehead atoms. The van der Waals surface area contributed by atoms with E-state index in [0.717, 1.165) is 18.4 Å². The fraction of sp³-hybridized carbons (Fsp3) is 0.219. The van der Waals surface area contributed by atoms with E-state index in [1.807, 2.05) is 30.3 Å². The van der Waals surface area contributed by atoms with E-state index in [9.17, 15) is 19.5 Å². The maximum Gasteiger partial charge on any atom is 0.337 e. The number of carbonyl (C=O) groups excluding carboxylic acids is 3. The van der Waals surface area contributed by atoms with Gasteiger partial charge in [-0.3, -0.25) is 14.5 Å². The van der Waals surface area contributed by atoms with Crippen LogP contribution in [0.25, 0.3) is 5.76 Å². The number of anilines is 1. The van der Waals surface area contributed by atoms with E-state index in [1.165, 1.54) is 35.1 Å². The summed E-state index contributed by atoms with van der Waals surface area (Å²) in [4.78, 5) is 40.3. The molecule has 1 atom stereocenters. The maximum atomic E-state index is 13.5. The molecule has 1 saturated heterocycles. The van der Waals surface area contributed by atoms with E-state index in [-0.39, 0.29) is 16.5 Å². The highest BCUT2D eigenvalue weighted by Crippen LogP contribution is 2.44. The van der Waals surface area contributed by atoms with Gasteiger partial charge in [-0.1, -0.05) is 78.9 Å². The zero-order chi connectivity index (χ0) is 30.3. The van der Waals surface area contributed by atoms with Gasteiger partial charge in [-0.15, -0.1) is 10.2 Å². The van der Waals surface area contributed by atoms with Crippen molar-refractivity contribution < 1.29 is 29.0 Å². The lowest BCUT2D eigenvalue weighted by Crippen LogP contribution is -2.29. The number of nitrogens with zero attached hydrogens (tertiary/aromatic N) is 3. The minimum absolute atomic E-state index is 0.0934. The zero-order valence-corrected chi connectivity index (χ0v) is 25.2. The van der Waals surface area contributed by atoms with Gasteiger partial charge in [0.2, 0.25) is 5.13 Å². The van der Waals surface area contributed by atoms with Crippen LogP contribution in [-0.4, -0.2) is 46.7 Å². The molecule has 0 saturated carbocycles. The Hall–Kier alpha value is -4.48. The van der Waals surface area contributed by atoms with Gasteiger partial charge in [-0.05, 0) is 53.9 Å². The van der Waals surface area contributed by atoms with Crippen molar-refractivity contribution >= 4 is 51.6 Å². The molecular weight excluding hydrogens is 587 g/mol. The normalized spacial score (nSPS) is 16.0. The van der Waals surface area contributed by atoms with E-state index in [4.69, 9.17) is 9.47 Å². The van der Waals surface area contributed by atoms with Crippen molar-refractivity contribution in [3.8, 4) is 5.75 Å². The smallest absolute Gasteiger partial charge is 0.337 e. The number of aliphatic hydroxyl groups excluding tert-OH is 1. The second-order valence-electron chi connectivity index (χ2n) is 9.63. The molecule has 43 heavy (non-hydrogen) atoms. The fourth-order valence-electron chi connectivity index (χ4n) is 4.54. The molecule has 1 aliphatic heterocycles. The number of ketones is 1. The number of aliphatic hydroxyl groups is 1. The molecule has 11 heteroatoms. The van der Waals surface area contributed by atoms with E-state index in [0.29, 0.717) is 39.1 Å². The Morgan fingerprint density at radius 3 is 2.35 bits per heavy atom. The van der Waals surface area contributed by atoms with Gasteiger partial charge in [0.25, 0.3) is 5.78 Å². The Bertz CT molecular complexity index is 1640. The predicted molar refractivity (Wildman–Crippen MR) is 165 cm³/mol. The molecule has 1 amide bonds. The average molecular weight is 616 g/mol. The lowest BCUT2D eigenvalue weighted by Gasteiger charge is -2.22. The summed E-state index contributed by atoms with van der Waals surface area (Å²) in [6.07, 6.45) is 1.92. The van der Waals surface area contributed by atoms with Gasteiger partial charge >= 0.3 is 11.9 Å². The molecule has 1 fully saturated rings. The molecule has 9 nitrogen and oxygen atoms in total. The molecule has 5 rings (SSSR count). The summed E-state index contributed by atoms with van der Waals surface area (Å²) < 4.78 is 11.1. The van der Waals surface area contributed by atoms with E-state index < -0.39 is 23.7 Å². The summed E-state index contributed by atoms with van der Waals surface area (Å²) >= 11 is 2.65. The standard InChI is InChI=1S/C32H29N3O6S2/c1-3-4-18-41-24-16-14-22(15-17-24)27(36)25-26(21-10-12-23(13-11-21)30(39)40-2)35(29(38)28(25)37)31-33-34-32(43-31)42-19-20-8-6-5-7-9-20/h5-17,26,36H,3-4,18-19H2,1-2H3/b27-25-. The van der Waals surface area contributed by atoms with Gasteiger partial charge in [0.15, 0.2) is 4.34 Å². The number of methoxy groups -OCH3 is 1. The molecule has 3 aromatic carbocycles. The third kappa shape index (κ3) is 6.63. The molecular formula is C32H29N3O6S2. The Morgan fingerprint density at radius 1 is 0.977 bits per heavy atom. The largest absolute Gasteiger partial charge is 0.507 e. The second-order valence-corrected chi connectivity index (χ2v) is 11.8. The van der Waals surface area contributed by atoms with E-state index in [1.54, 1.807) is 48.5 Å². The van der Waals surface area contributed by atoms with Crippen LogP contribution in [0.5, 0.6) is 5.75 Å². The van der Waals surface area contributed by atoms with Crippen LogP contribution in [0.1, 0.15) is 52.9 Å².